The van der Waals surface area contributed by atoms with Crippen LogP contribution >= 0.6 is 23.1 Å². The number of aliphatic carboxylic acids is 1. The number of thiazole rings is 1. The quantitative estimate of drug-likeness (QED) is 0.403. The van der Waals surface area contributed by atoms with Gasteiger partial charge in [0.1, 0.15) is 4.34 Å². The van der Waals surface area contributed by atoms with Crippen LogP contribution in [0.5, 0.6) is 0 Å². The van der Waals surface area contributed by atoms with Crippen LogP contribution in [-0.2, 0) is 4.79 Å². The third-order valence-electron chi connectivity index (χ3n) is 0.911. The van der Waals surface area contributed by atoms with Crippen molar-refractivity contribution in [3.8, 4) is 0 Å². The van der Waals surface area contributed by atoms with Crippen LogP contribution < -0.4 is 34.7 Å². The molecular weight excluding hydrogens is 205 g/mol. The first-order valence-electron chi connectivity index (χ1n) is 2.93. The van der Waals surface area contributed by atoms with Crippen molar-refractivity contribution in [3.63, 3.8) is 0 Å². The van der Waals surface area contributed by atoms with Crippen molar-refractivity contribution < 1.29 is 39.5 Å². The summed E-state index contributed by atoms with van der Waals surface area (Å²) in [5, 5.41) is 11.9. The second-order valence-corrected chi connectivity index (χ2v) is 4.00. The molecule has 60 valence electrons. The summed E-state index contributed by atoms with van der Waals surface area (Å²) >= 11 is 2.65. The number of thioether (sulfide) groups is 1. The van der Waals surface area contributed by atoms with E-state index >= 15 is 0 Å². The van der Waals surface area contributed by atoms with E-state index in [0.29, 0.717) is 0 Å². The van der Waals surface area contributed by atoms with E-state index in [1.807, 2.05) is 12.3 Å². The van der Waals surface area contributed by atoms with Gasteiger partial charge in [0.05, 0.1) is 5.97 Å². The summed E-state index contributed by atoms with van der Waals surface area (Å²) in [5.74, 6) is -1.07. The number of carboxylic acid groups (broad SMARTS) is 1. The first kappa shape index (κ1) is 12.4. The van der Waals surface area contributed by atoms with Crippen molar-refractivity contribution in [2.45, 2.75) is 11.3 Å². The van der Waals surface area contributed by atoms with Gasteiger partial charge in [-0.05, 0) is 6.92 Å². The van der Waals surface area contributed by atoms with E-state index in [1.54, 1.807) is 0 Å². The van der Waals surface area contributed by atoms with E-state index in [4.69, 9.17) is 0 Å². The molecule has 0 fully saturated rings. The van der Waals surface area contributed by atoms with Crippen molar-refractivity contribution in [1.29, 1.82) is 0 Å². The summed E-state index contributed by atoms with van der Waals surface area (Å²) in [6, 6.07) is 0. The van der Waals surface area contributed by atoms with Crippen LogP contribution in [0.1, 0.15) is 5.69 Å². The van der Waals surface area contributed by atoms with Gasteiger partial charge in [0.15, 0.2) is 0 Å². The topological polar surface area (TPSA) is 53.0 Å². The van der Waals surface area contributed by atoms with Crippen LogP contribution in [0.15, 0.2) is 9.72 Å². The van der Waals surface area contributed by atoms with Crippen LogP contribution in [0.3, 0.4) is 0 Å². The van der Waals surface area contributed by atoms with Gasteiger partial charge in [-0.1, -0.05) is 11.8 Å². The van der Waals surface area contributed by atoms with E-state index in [-0.39, 0.29) is 35.3 Å². The van der Waals surface area contributed by atoms with E-state index in [2.05, 4.69) is 4.98 Å². The fraction of sp³-hybridized carbons (Fsp3) is 0.333. The van der Waals surface area contributed by atoms with E-state index in [0.717, 1.165) is 10.0 Å². The maximum atomic E-state index is 10.0. The van der Waals surface area contributed by atoms with Gasteiger partial charge in [0.2, 0.25) is 0 Å². The molecule has 0 aliphatic heterocycles. The number of carbonyl (C=O) groups excluding carboxylic acids is 1. The second kappa shape index (κ2) is 5.99. The maximum Gasteiger partial charge on any atom is 1.00 e. The third kappa shape index (κ3) is 4.47. The zero-order valence-corrected chi connectivity index (χ0v) is 10.5. The van der Waals surface area contributed by atoms with Crippen LogP contribution in [0.4, 0.5) is 0 Å². The Hall–Kier alpha value is 0.450. The smallest absolute Gasteiger partial charge is 0.549 e. The summed E-state index contributed by atoms with van der Waals surface area (Å²) in [4.78, 5) is 14.1. The van der Waals surface area contributed by atoms with Gasteiger partial charge in [-0.15, -0.1) is 11.3 Å². The van der Waals surface area contributed by atoms with Gasteiger partial charge in [0.25, 0.3) is 0 Å². The van der Waals surface area contributed by atoms with Crippen LogP contribution in [0, 0.1) is 6.92 Å². The molecule has 0 radical (unpaired) electrons. The average Bonchev–Trinajstić information content (AvgIpc) is 2.31. The Labute approximate surface area is 101 Å². The number of rotatable bonds is 3. The third-order valence-corrected chi connectivity index (χ3v) is 3.02. The molecule has 0 N–H and O–H groups in total. The molecule has 12 heavy (non-hydrogen) atoms. The molecule has 1 rings (SSSR count). The monoisotopic (exact) mass is 211 g/mol. The maximum absolute atomic E-state index is 10.0. The second-order valence-electron chi connectivity index (χ2n) is 1.92. The summed E-state index contributed by atoms with van der Waals surface area (Å²) in [6.45, 7) is 1.87. The Balaban J connectivity index is 0.00000121. The van der Waals surface area contributed by atoms with E-state index < -0.39 is 5.97 Å². The molecule has 0 saturated carbocycles. The normalized spacial score (nSPS) is 9.08. The molecule has 0 bridgehead atoms. The minimum atomic E-state index is -1.05. The largest absolute Gasteiger partial charge is 1.00 e. The summed E-state index contributed by atoms with van der Waals surface area (Å²) in [6.07, 6.45) is 0. The molecule has 1 heterocycles. The molecule has 0 saturated heterocycles. The van der Waals surface area contributed by atoms with Gasteiger partial charge in [-0.25, -0.2) is 4.98 Å². The molecule has 0 aliphatic rings. The molecule has 0 aromatic carbocycles. The first-order valence-corrected chi connectivity index (χ1v) is 4.80. The Morgan fingerprint density at radius 3 is 2.92 bits per heavy atom. The predicted molar refractivity (Wildman–Crippen MR) is 42.6 cm³/mol. The number of aryl methyl sites for hydroxylation is 1. The Morgan fingerprint density at radius 2 is 2.50 bits per heavy atom. The van der Waals surface area contributed by atoms with Crippen LogP contribution in [-0.4, -0.2) is 16.7 Å². The molecule has 0 aliphatic carbocycles. The van der Waals surface area contributed by atoms with Gasteiger partial charge >= 0.3 is 29.6 Å². The molecule has 6 heteroatoms. The number of nitrogens with zero attached hydrogens (tertiary/aromatic N) is 1. The minimum absolute atomic E-state index is 0. The minimum Gasteiger partial charge on any atom is -0.549 e. The van der Waals surface area contributed by atoms with E-state index in [9.17, 15) is 9.90 Å². The van der Waals surface area contributed by atoms with E-state index in [1.165, 1.54) is 23.1 Å². The van der Waals surface area contributed by atoms with Gasteiger partial charge in [0, 0.05) is 16.8 Å². The molecular formula is C6H6NNaO2S2. The SMILES string of the molecule is Cc1csc(SCC(=O)[O-])n1.[Na+]. The standard InChI is InChI=1S/C6H7NO2S2.Na/c1-4-2-10-6(7-4)11-3-5(8)9;/h2H,3H2,1H3,(H,8,9);/q;+1/p-1. The molecule has 0 amide bonds. The van der Waals surface area contributed by atoms with Crippen molar-refractivity contribution in [2.75, 3.05) is 5.75 Å². The summed E-state index contributed by atoms with van der Waals surface area (Å²) < 4.78 is 0.784. The Morgan fingerprint density at radius 1 is 1.83 bits per heavy atom. The summed E-state index contributed by atoms with van der Waals surface area (Å²) in [5.41, 5.74) is 0.927. The van der Waals surface area contributed by atoms with Crippen LogP contribution in [0.2, 0.25) is 0 Å². The fourth-order valence-corrected chi connectivity index (χ4v) is 2.08. The van der Waals surface area contributed by atoms with Gasteiger partial charge < -0.3 is 9.90 Å². The molecule has 0 unspecified atom stereocenters. The van der Waals surface area contributed by atoms with Crippen molar-refractivity contribution in [3.05, 3.63) is 11.1 Å². The summed E-state index contributed by atoms with van der Waals surface area (Å²) in [7, 11) is 0. The number of aromatic nitrogens is 1. The number of hydrogen-bond donors (Lipinski definition) is 0. The number of hydrogen-bond acceptors (Lipinski definition) is 5. The molecule has 0 atom stereocenters. The Bertz CT molecular complexity index is 264. The fourth-order valence-electron chi connectivity index (χ4n) is 0.519. The zero-order chi connectivity index (χ0) is 8.27. The number of carbonyl (C=O) groups is 1. The van der Waals surface area contributed by atoms with Crippen molar-refractivity contribution in [2.24, 2.45) is 0 Å². The Kier molecular flexibility index (Phi) is 6.21. The van der Waals surface area contributed by atoms with Crippen molar-refractivity contribution in [1.82, 2.24) is 4.98 Å². The van der Waals surface area contributed by atoms with Crippen LogP contribution in [0.25, 0.3) is 0 Å². The molecule has 1 aromatic heterocycles. The zero-order valence-electron chi connectivity index (χ0n) is 6.86. The van der Waals surface area contributed by atoms with Crippen molar-refractivity contribution >= 4 is 29.1 Å². The van der Waals surface area contributed by atoms with Gasteiger partial charge in [-0.3, -0.25) is 0 Å². The first-order chi connectivity index (χ1) is 5.18. The average molecular weight is 211 g/mol. The predicted octanol–water partition coefficient (Wildman–Crippen LogP) is -2.70. The van der Waals surface area contributed by atoms with Gasteiger partial charge in [-0.2, -0.15) is 0 Å². The molecule has 3 nitrogen and oxygen atoms in total. The number of carboxylic acids is 1. The molecule has 0 spiro atoms. The molecule has 1 aromatic rings.